The number of amides is 1. The van der Waals surface area contributed by atoms with Crippen LogP contribution in [0.5, 0.6) is 0 Å². The third kappa shape index (κ3) is 3.93. The molecule has 2 N–H and O–H groups in total. The number of carbonyl (C=O) groups excluding carboxylic acids is 1. The van der Waals surface area contributed by atoms with Crippen molar-refractivity contribution in [2.75, 3.05) is 19.6 Å². The van der Waals surface area contributed by atoms with Crippen molar-refractivity contribution in [2.45, 2.75) is 25.8 Å². The molecule has 1 heterocycles. The molecule has 1 aromatic carbocycles. The van der Waals surface area contributed by atoms with Crippen LogP contribution >= 0.6 is 12.2 Å². The van der Waals surface area contributed by atoms with E-state index in [0.717, 1.165) is 38.0 Å². The molecule has 0 unspecified atom stereocenters. The van der Waals surface area contributed by atoms with Gasteiger partial charge in [0, 0.05) is 31.2 Å². The highest BCUT2D eigenvalue weighted by Gasteiger charge is 2.23. The van der Waals surface area contributed by atoms with Crippen LogP contribution in [0.15, 0.2) is 30.3 Å². The minimum absolute atomic E-state index is 0.123. The quantitative estimate of drug-likeness (QED) is 0.833. The number of likely N-dealkylation sites (tertiary alicyclic amines) is 1. The summed E-state index contributed by atoms with van der Waals surface area (Å²) < 4.78 is 0. The van der Waals surface area contributed by atoms with Crippen LogP contribution < -0.4 is 10.6 Å². The fourth-order valence-electron chi connectivity index (χ4n) is 2.39. The van der Waals surface area contributed by atoms with Crippen molar-refractivity contribution in [1.82, 2.24) is 15.5 Å². The van der Waals surface area contributed by atoms with Crippen LogP contribution in [0.4, 0.5) is 0 Å². The minimum atomic E-state index is 0.123. The Balaban J connectivity index is 1.82. The van der Waals surface area contributed by atoms with Crippen molar-refractivity contribution in [2.24, 2.45) is 0 Å². The average Bonchev–Trinajstić information content (AvgIpc) is 2.48. The van der Waals surface area contributed by atoms with Gasteiger partial charge < -0.3 is 15.5 Å². The third-order valence-corrected chi connectivity index (χ3v) is 3.74. The molecule has 1 amide bonds. The topological polar surface area (TPSA) is 44.4 Å². The van der Waals surface area contributed by atoms with Crippen LogP contribution in [-0.2, 0) is 0 Å². The van der Waals surface area contributed by atoms with Gasteiger partial charge in [0.15, 0.2) is 5.11 Å². The number of thiocarbonyl (C=S) groups is 1. The molecule has 1 aromatic rings. The van der Waals surface area contributed by atoms with E-state index in [1.54, 1.807) is 0 Å². The lowest BCUT2D eigenvalue weighted by Gasteiger charge is -2.33. The first-order valence-electron chi connectivity index (χ1n) is 7.09. The Labute approximate surface area is 125 Å². The van der Waals surface area contributed by atoms with E-state index in [0.29, 0.717) is 11.2 Å². The molecule has 1 aliphatic heterocycles. The molecule has 0 saturated carbocycles. The average molecular weight is 291 g/mol. The van der Waals surface area contributed by atoms with Crippen LogP contribution in [0.2, 0.25) is 0 Å². The van der Waals surface area contributed by atoms with E-state index in [9.17, 15) is 4.79 Å². The van der Waals surface area contributed by atoms with Gasteiger partial charge in [-0.05, 0) is 44.1 Å². The molecule has 108 valence electrons. The fourth-order valence-corrected chi connectivity index (χ4v) is 2.70. The smallest absolute Gasteiger partial charge is 0.253 e. The van der Waals surface area contributed by atoms with Crippen molar-refractivity contribution in [3.63, 3.8) is 0 Å². The van der Waals surface area contributed by atoms with E-state index in [1.807, 2.05) is 42.2 Å². The summed E-state index contributed by atoms with van der Waals surface area (Å²) >= 11 is 5.19. The highest BCUT2D eigenvalue weighted by molar-refractivity contribution is 7.80. The van der Waals surface area contributed by atoms with Crippen LogP contribution in [-0.4, -0.2) is 41.6 Å². The molecule has 0 aliphatic carbocycles. The molecule has 1 aliphatic rings. The Morgan fingerprint density at radius 3 is 2.55 bits per heavy atom. The number of nitrogens with one attached hydrogen (secondary N) is 2. The van der Waals surface area contributed by atoms with Crippen LogP contribution in [0.3, 0.4) is 0 Å². The highest BCUT2D eigenvalue weighted by atomic mass is 32.1. The molecule has 5 heteroatoms. The van der Waals surface area contributed by atoms with Crippen LogP contribution in [0.25, 0.3) is 0 Å². The zero-order chi connectivity index (χ0) is 14.4. The van der Waals surface area contributed by atoms with Gasteiger partial charge in [-0.1, -0.05) is 18.2 Å². The fraction of sp³-hybridized carbons (Fsp3) is 0.467. The summed E-state index contributed by atoms with van der Waals surface area (Å²) in [4.78, 5) is 14.2. The van der Waals surface area contributed by atoms with E-state index in [4.69, 9.17) is 12.2 Å². The maximum atomic E-state index is 12.3. The second-order valence-electron chi connectivity index (χ2n) is 4.94. The SMILES string of the molecule is CCNC(=S)NC1CCN(C(=O)c2ccccc2)CC1. The molecular formula is C15H21N3OS. The molecule has 0 atom stereocenters. The number of hydrogen-bond acceptors (Lipinski definition) is 2. The van der Waals surface area contributed by atoms with Gasteiger partial charge in [0.1, 0.15) is 0 Å². The van der Waals surface area contributed by atoms with E-state index >= 15 is 0 Å². The summed E-state index contributed by atoms with van der Waals surface area (Å²) in [5, 5.41) is 7.10. The number of benzene rings is 1. The lowest BCUT2D eigenvalue weighted by molar-refractivity contribution is 0.0710. The lowest BCUT2D eigenvalue weighted by atomic mass is 10.0. The summed E-state index contributed by atoms with van der Waals surface area (Å²) in [7, 11) is 0. The Morgan fingerprint density at radius 2 is 1.95 bits per heavy atom. The predicted molar refractivity (Wildman–Crippen MR) is 84.8 cm³/mol. The molecule has 20 heavy (non-hydrogen) atoms. The second kappa shape index (κ2) is 7.24. The predicted octanol–water partition coefficient (Wildman–Crippen LogP) is 1.78. The summed E-state index contributed by atoms with van der Waals surface area (Å²) in [6.07, 6.45) is 1.87. The Hall–Kier alpha value is -1.62. The van der Waals surface area contributed by atoms with Gasteiger partial charge in [0.25, 0.3) is 5.91 Å². The van der Waals surface area contributed by atoms with Crippen LogP contribution in [0, 0.1) is 0 Å². The van der Waals surface area contributed by atoms with Gasteiger partial charge in [-0.25, -0.2) is 0 Å². The Bertz CT molecular complexity index is 455. The van der Waals surface area contributed by atoms with Gasteiger partial charge in [0.2, 0.25) is 0 Å². The minimum Gasteiger partial charge on any atom is -0.363 e. The van der Waals surface area contributed by atoms with Gasteiger partial charge >= 0.3 is 0 Å². The molecule has 0 aromatic heterocycles. The zero-order valence-corrected chi connectivity index (χ0v) is 12.6. The molecule has 1 saturated heterocycles. The molecular weight excluding hydrogens is 270 g/mol. The van der Waals surface area contributed by atoms with E-state index in [-0.39, 0.29) is 5.91 Å². The summed E-state index contributed by atoms with van der Waals surface area (Å²) in [6.45, 7) is 4.41. The first-order chi connectivity index (χ1) is 9.70. The van der Waals surface area contributed by atoms with Gasteiger partial charge in [-0.3, -0.25) is 4.79 Å². The van der Waals surface area contributed by atoms with Crippen molar-refractivity contribution in [3.8, 4) is 0 Å². The third-order valence-electron chi connectivity index (χ3n) is 3.48. The number of nitrogens with zero attached hydrogens (tertiary/aromatic N) is 1. The first-order valence-corrected chi connectivity index (χ1v) is 7.50. The second-order valence-corrected chi connectivity index (χ2v) is 5.34. The maximum Gasteiger partial charge on any atom is 0.253 e. The highest BCUT2D eigenvalue weighted by Crippen LogP contribution is 2.13. The maximum absolute atomic E-state index is 12.3. The molecule has 0 bridgehead atoms. The number of piperidine rings is 1. The van der Waals surface area contributed by atoms with E-state index in [1.165, 1.54) is 0 Å². The monoisotopic (exact) mass is 291 g/mol. The number of rotatable bonds is 3. The molecule has 2 rings (SSSR count). The molecule has 4 nitrogen and oxygen atoms in total. The van der Waals surface area contributed by atoms with Crippen molar-refractivity contribution in [1.29, 1.82) is 0 Å². The number of hydrogen-bond donors (Lipinski definition) is 2. The normalized spacial score (nSPS) is 15.8. The largest absolute Gasteiger partial charge is 0.363 e. The van der Waals surface area contributed by atoms with Crippen molar-refractivity contribution >= 4 is 23.2 Å². The summed E-state index contributed by atoms with van der Waals surface area (Å²) in [6, 6.07) is 9.82. The van der Waals surface area contributed by atoms with Gasteiger partial charge in [0.05, 0.1) is 0 Å². The lowest BCUT2D eigenvalue weighted by Crippen LogP contribution is -2.49. The standard InChI is InChI=1S/C15H21N3OS/c1-2-16-15(20)17-13-8-10-18(11-9-13)14(19)12-6-4-3-5-7-12/h3-7,13H,2,8-11H2,1H3,(H2,16,17,20). The Kier molecular flexibility index (Phi) is 5.35. The summed E-state index contributed by atoms with van der Waals surface area (Å²) in [5.74, 6) is 0.123. The van der Waals surface area contributed by atoms with Gasteiger partial charge in [-0.2, -0.15) is 0 Å². The van der Waals surface area contributed by atoms with Gasteiger partial charge in [-0.15, -0.1) is 0 Å². The molecule has 1 fully saturated rings. The van der Waals surface area contributed by atoms with Crippen molar-refractivity contribution in [3.05, 3.63) is 35.9 Å². The zero-order valence-electron chi connectivity index (χ0n) is 11.8. The first kappa shape index (κ1) is 14.8. The Morgan fingerprint density at radius 1 is 1.30 bits per heavy atom. The van der Waals surface area contributed by atoms with E-state index < -0.39 is 0 Å². The van der Waals surface area contributed by atoms with E-state index in [2.05, 4.69) is 10.6 Å². The van der Waals surface area contributed by atoms with Crippen molar-refractivity contribution < 1.29 is 4.79 Å². The number of carbonyl (C=O) groups is 1. The van der Waals surface area contributed by atoms with Crippen LogP contribution in [0.1, 0.15) is 30.1 Å². The summed E-state index contributed by atoms with van der Waals surface area (Å²) in [5.41, 5.74) is 0.766. The molecule has 0 radical (unpaired) electrons. The molecule has 0 spiro atoms.